The van der Waals surface area contributed by atoms with Gasteiger partial charge in [-0.15, -0.1) is 0 Å². The number of aromatic nitrogens is 2. The first kappa shape index (κ1) is 16.9. The topological polar surface area (TPSA) is 71.8 Å². The SMILES string of the molecule is C=Cc1ccc(Cc2c(F)cc(CC(N)=O)c3[nH]c(C)c(C)c23)cn1. The van der Waals surface area contributed by atoms with Crippen LogP contribution in [0.15, 0.2) is 31.0 Å². The van der Waals surface area contributed by atoms with Gasteiger partial charge in [0, 0.05) is 29.3 Å². The van der Waals surface area contributed by atoms with E-state index in [-0.39, 0.29) is 12.2 Å². The minimum atomic E-state index is -0.484. The molecule has 0 spiro atoms. The number of primary amides is 1. The summed E-state index contributed by atoms with van der Waals surface area (Å²) in [4.78, 5) is 18.9. The van der Waals surface area contributed by atoms with Gasteiger partial charge < -0.3 is 10.7 Å². The van der Waals surface area contributed by atoms with E-state index < -0.39 is 5.91 Å². The molecule has 0 fully saturated rings. The Kier molecular flexibility index (Phi) is 4.40. The summed E-state index contributed by atoms with van der Waals surface area (Å²) in [5.74, 6) is -0.818. The summed E-state index contributed by atoms with van der Waals surface area (Å²) in [6, 6.07) is 5.18. The van der Waals surface area contributed by atoms with Gasteiger partial charge in [0.25, 0.3) is 0 Å². The van der Waals surface area contributed by atoms with Crippen LogP contribution in [0.5, 0.6) is 0 Å². The van der Waals surface area contributed by atoms with Crippen LogP contribution in [0.25, 0.3) is 17.0 Å². The fourth-order valence-electron chi connectivity index (χ4n) is 3.13. The van der Waals surface area contributed by atoms with Crippen LogP contribution < -0.4 is 5.73 Å². The second-order valence-corrected chi connectivity index (χ2v) is 6.24. The van der Waals surface area contributed by atoms with Crippen molar-refractivity contribution in [3.63, 3.8) is 0 Å². The fourth-order valence-corrected chi connectivity index (χ4v) is 3.13. The zero-order valence-corrected chi connectivity index (χ0v) is 14.3. The minimum absolute atomic E-state index is 0.00266. The van der Waals surface area contributed by atoms with Gasteiger partial charge in [-0.25, -0.2) is 4.39 Å². The molecule has 0 bridgehead atoms. The van der Waals surface area contributed by atoms with E-state index in [0.29, 0.717) is 17.5 Å². The lowest BCUT2D eigenvalue weighted by Gasteiger charge is -2.10. The summed E-state index contributed by atoms with van der Waals surface area (Å²) in [6.07, 6.45) is 3.82. The van der Waals surface area contributed by atoms with Crippen LogP contribution in [-0.2, 0) is 17.6 Å². The average molecular weight is 337 g/mol. The zero-order chi connectivity index (χ0) is 18.1. The Hall–Kier alpha value is -2.95. The van der Waals surface area contributed by atoms with Crippen molar-refractivity contribution >= 4 is 22.9 Å². The van der Waals surface area contributed by atoms with Gasteiger partial charge in [-0.05, 0) is 48.7 Å². The van der Waals surface area contributed by atoms with Crippen molar-refractivity contribution in [2.24, 2.45) is 5.73 Å². The van der Waals surface area contributed by atoms with Gasteiger partial charge >= 0.3 is 0 Å². The van der Waals surface area contributed by atoms with Gasteiger partial charge in [0.05, 0.1) is 17.6 Å². The number of H-pyrrole nitrogens is 1. The lowest BCUT2D eigenvalue weighted by atomic mass is 9.95. The molecular formula is C20H20FN3O. The number of amides is 1. The zero-order valence-electron chi connectivity index (χ0n) is 14.3. The predicted molar refractivity (Wildman–Crippen MR) is 97.8 cm³/mol. The van der Waals surface area contributed by atoms with Crippen LogP contribution in [0, 0.1) is 19.7 Å². The van der Waals surface area contributed by atoms with E-state index in [1.165, 1.54) is 6.07 Å². The predicted octanol–water partition coefficient (Wildman–Crippen LogP) is 3.58. The van der Waals surface area contributed by atoms with Crippen LogP contribution in [0.4, 0.5) is 4.39 Å². The number of nitrogens with one attached hydrogen (secondary N) is 1. The number of nitrogens with zero attached hydrogens (tertiary/aromatic N) is 1. The van der Waals surface area contributed by atoms with Crippen molar-refractivity contribution in [2.45, 2.75) is 26.7 Å². The fraction of sp³-hybridized carbons (Fsp3) is 0.200. The molecule has 0 saturated carbocycles. The maximum Gasteiger partial charge on any atom is 0.221 e. The Morgan fingerprint density at radius 3 is 2.76 bits per heavy atom. The van der Waals surface area contributed by atoms with Gasteiger partial charge in [0.1, 0.15) is 5.82 Å². The number of hydrogen-bond donors (Lipinski definition) is 2. The largest absolute Gasteiger partial charge is 0.369 e. The Labute approximate surface area is 145 Å². The number of aromatic amines is 1. The Balaban J connectivity index is 2.15. The summed E-state index contributed by atoms with van der Waals surface area (Å²) in [5.41, 5.74) is 10.9. The van der Waals surface area contributed by atoms with Crippen molar-refractivity contribution in [2.75, 3.05) is 0 Å². The number of benzene rings is 1. The van der Waals surface area contributed by atoms with Crippen molar-refractivity contribution in [3.05, 3.63) is 70.4 Å². The molecule has 0 aliphatic rings. The van der Waals surface area contributed by atoms with E-state index in [9.17, 15) is 9.18 Å². The summed E-state index contributed by atoms with van der Waals surface area (Å²) < 4.78 is 14.8. The number of aryl methyl sites for hydroxylation is 2. The molecule has 3 aromatic rings. The van der Waals surface area contributed by atoms with Crippen LogP contribution in [0.2, 0.25) is 0 Å². The molecule has 1 aromatic carbocycles. The third-order valence-corrected chi connectivity index (χ3v) is 4.51. The maximum atomic E-state index is 14.8. The molecule has 2 aromatic heterocycles. The highest BCUT2D eigenvalue weighted by Gasteiger charge is 2.18. The molecule has 128 valence electrons. The highest BCUT2D eigenvalue weighted by atomic mass is 19.1. The summed E-state index contributed by atoms with van der Waals surface area (Å²) in [5, 5.41) is 0.821. The van der Waals surface area contributed by atoms with Crippen LogP contribution in [-0.4, -0.2) is 15.9 Å². The molecule has 1 amide bonds. The number of fused-ring (bicyclic) bond motifs is 1. The molecule has 0 aliphatic carbocycles. The van der Waals surface area contributed by atoms with E-state index in [2.05, 4.69) is 16.5 Å². The molecular weight excluding hydrogens is 317 g/mol. The number of halogens is 1. The van der Waals surface area contributed by atoms with Crippen molar-refractivity contribution in [1.29, 1.82) is 0 Å². The first-order valence-corrected chi connectivity index (χ1v) is 8.05. The third-order valence-electron chi connectivity index (χ3n) is 4.51. The molecule has 25 heavy (non-hydrogen) atoms. The van der Waals surface area contributed by atoms with E-state index in [0.717, 1.165) is 33.4 Å². The van der Waals surface area contributed by atoms with Gasteiger partial charge in [-0.1, -0.05) is 12.6 Å². The van der Waals surface area contributed by atoms with E-state index >= 15 is 0 Å². The number of rotatable bonds is 5. The van der Waals surface area contributed by atoms with Crippen molar-refractivity contribution < 1.29 is 9.18 Å². The molecule has 0 atom stereocenters. The number of hydrogen-bond acceptors (Lipinski definition) is 2. The molecule has 4 nitrogen and oxygen atoms in total. The second-order valence-electron chi connectivity index (χ2n) is 6.24. The summed E-state index contributed by atoms with van der Waals surface area (Å²) >= 11 is 0. The molecule has 0 radical (unpaired) electrons. The summed E-state index contributed by atoms with van der Waals surface area (Å²) in [6.45, 7) is 7.57. The number of pyridine rings is 1. The second kappa shape index (κ2) is 6.51. The lowest BCUT2D eigenvalue weighted by molar-refractivity contribution is -0.117. The quantitative estimate of drug-likeness (QED) is 0.747. The minimum Gasteiger partial charge on any atom is -0.369 e. The van der Waals surface area contributed by atoms with Gasteiger partial charge in [-0.3, -0.25) is 9.78 Å². The lowest BCUT2D eigenvalue weighted by Crippen LogP contribution is -2.14. The third kappa shape index (κ3) is 3.18. The molecule has 0 saturated heterocycles. The number of carbonyl (C=O) groups is 1. The smallest absolute Gasteiger partial charge is 0.221 e. The van der Waals surface area contributed by atoms with E-state index in [1.54, 1.807) is 12.3 Å². The molecule has 0 aliphatic heterocycles. The van der Waals surface area contributed by atoms with Crippen LogP contribution in [0.3, 0.4) is 0 Å². The standard InChI is InChI=1S/C20H20FN3O/c1-4-15-6-5-13(10-23-15)7-16-17(21)8-14(9-18(22)25)20-19(16)11(2)12(3)24-20/h4-6,8,10,24H,1,7,9H2,2-3H3,(H2,22,25). The highest BCUT2D eigenvalue weighted by molar-refractivity contribution is 5.93. The first-order valence-electron chi connectivity index (χ1n) is 8.05. The van der Waals surface area contributed by atoms with Crippen LogP contribution >= 0.6 is 0 Å². The van der Waals surface area contributed by atoms with Crippen LogP contribution in [0.1, 0.15) is 33.6 Å². The maximum absolute atomic E-state index is 14.8. The number of nitrogens with two attached hydrogens (primary N) is 1. The molecule has 5 heteroatoms. The first-order chi connectivity index (χ1) is 11.9. The molecule has 3 N–H and O–H groups in total. The van der Waals surface area contributed by atoms with E-state index in [1.807, 2.05) is 26.0 Å². The van der Waals surface area contributed by atoms with E-state index in [4.69, 9.17) is 5.73 Å². The summed E-state index contributed by atoms with van der Waals surface area (Å²) in [7, 11) is 0. The highest BCUT2D eigenvalue weighted by Crippen LogP contribution is 2.32. The Morgan fingerprint density at radius 2 is 2.16 bits per heavy atom. The van der Waals surface area contributed by atoms with Gasteiger partial charge in [0.2, 0.25) is 5.91 Å². The molecule has 3 rings (SSSR count). The van der Waals surface area contributed by atoms with Crippen molar-refractivity contribution in [3.8, 4) is 0 Å². The van der Waals surface area contributed by atoms with Crippen molar-refractivity contribution in [1.82, 2.24) is 9.97 Å². The normalized spacial score (nSPS) is 11.0. The van der Waals surface area contributed by atoms with Gasteiger partial charge in [0.15, 0.2) is 0 Å². The Morgan fingerprint density at radius 1 is 1.40 bits per heavy atom. The Bertz CT molecular complexity index is 971. The number of carbonyl (C=O) groups excluding carboxylic acids is 1. The average Bonchev–Trinajstić information content (AvgIpc) is 2.87. The molecule has 0 unspecified atom stereocenters. The molecule has 2 heterocycles. The van der Waals surface area contributed by atoms with Gasteiger partial charge in [-0.2, -0.15) is 0 Å². The monoisotopic (exact) mass is 337 g/mol.